The van der Waals surface area contributed by atoms with Crippen LogP contribution in [0.3, 0.4) is 0 Å². The fourth-order valence-corrected chi connectivity index (χ4v) is 9.41. The third kappa shape index (κ3) is 6.68. The Kier molecular flexibility index (Phi) is 8.81. The Hall–Kier alpha value is -7.64. The Morgan fingerprint density at radius 2 is 0.730 bits per heavy atom. The summed E-state index contributed by atoms with van der Waals surface area (Å²) in [5.74, 6) is -0.316. The molecule has 63 heavy (non-hydrogen) atoms. The van der Waals surface area contributed by atoms with Gasteiger partial charge in [-0.2, -0.15) is 13.2 Å². The zero-order valence-electron chi connectivity index (χ0n) is 33.2. The van der Waals surface area contributed by atoms with Gasteiger partial charge in [-0.05, 0) is 158 Å². The van der Waals surface area contributed by atoms with Crippen molar-refractivity contribution in [3.05, 3.63) is 200 Å². The zero-order chi connectivity index (χ0) is 43.0. The van der Waals surface area contributed by atoms with Crippen molar-refractivity contribution >= 4 is 64.6 Å². The number of hydrogen-bond donors (Lipinski definition) is 0. The van der Waals surface area contributed by atoms with Crippen molar-refractivity contribution in [1.82, 2.24) is 0 Å². The molecule has 0 bridgehead atoms. The summed E-state index contributed by atoms with van der Waals surface area (Å²) in [5, 5.41) is 11.9. The number of fused-ring (bicyclic) bond motifs is 8. The van der Waals surface area contributed by atoms with E-state index < -0.39 is 18.1 Å². The van der Waals surface area contributed by atoms with Gasteiger partial charge < -0.3 is 4.74 Å². The van der Waals surface area contributed by atoms with Gasteiger partial charge in [0.2, 0.25) is 0 Å². The summed E-state index contributed by atoms with van der Waals surface area (Å²) in [6, 6.07) is 60.7. The maximum absolute atomic E-state index is 14.1. The molecule has 1 nitrogen and oxygen atoms in total. The molecule has 11 aromatic rings. The normalized spacial score (nSPS) is 12.3. The van der Waals surface area contributed by atoms with E-state index in [-0.39, 0.29) is 5.75 Å². The highest BCUT2D eigenvalue weighted by Gasteiger charge is 2.32. The molecule has 304 valence electrons. The number of halogens is 6. The number of alkyl halides is 6. The largest absolute Gasteiger partial charge is 0.573 e. The van der Waals surface area contributed by atoms with Crippen molar-refractivity contribution in [3.63, 3.8) is 0 Å². The lowest BCUT2D eigenvalue weighted by atomic mass is 9.81. The van der Waals surface area contributed by atoms with E-state index in [0.29, 0.717) is 16.7 Å². The SMILES string of the molecule is FC(F)(F)Oc1ccc(-c2ccc3c(-c4cc5ccccc5c5ccccc45)c4cc(-c5cccc(C(F)(F)F)c5)ccc4c(-c4cc5ccccc5c5ccccc45)c3c2)cc1. The third-order valence-electron chi connectivity index (χ3n) is 12.1. The quantitative estimate of drug-likeness (QED) is 0.0953. The molecule has 0 aromatic heterocycles. The highest BCUT2D eigenvalue weighted by molar-refractivity contribution is 6.29. The lowest BCUT2D eigenvalue weighted by Crippen LogP contribution is -2.16. The average molecular weight is 835 g/mol. The van der Waals surface area contributed by atoms with Gasteiger partial charge in [-0.15, -0.1) is 13.2 Å². The van der Waals surface area contributed by atoms with Crippen molar-refractivity contribution in [2.24, 2.45) is 0 Å². The second-order valence-electron chi connectivity index (χ2n) is 15.8. The Morgan fingerprint density at radius 3 is 1.22 bits per heavy atom. The van der Waals surface area contributed by atoms with Gasteiger partial charge in [0.1, 0.15) is 5.75 Å². The summed E-state index contributed by atoms with van der Waals surface area (Å²) in [6.07, 6.45) is -9.35. The summed E-state index contributed by atoms with van der Waals surface area (Å²) in [4.78, 5) is 0. The van der Waals surface area contributed by atoms with Crippen molar-refractivity contribution in [2.75, 3.05) is 0 Å². The van der Waals surface area contributed by atoms with E-state index in [9.17, 15) is 26.3 Å². The van der Waals surface area contributed by atoms with Gasteiger partial charge >= 0.3 is 12.5 Å². The van der Waals surface area contributed by atoms with Crippen LogP contribution in [0, 0.1) is 0 Å². The second kappa shape index (κ2) is 14.5. The monoisotopic (exact) mass is 834 g/mol. The topological polar surface area (TPSA) is 9.23 Å². The summed E-state index contributed by atoms with van der Waals surface area (Å²) in [5.41, 5.74) is 5.56. The molecule has 0 amide bonds. The summed E-state index contributed by atoms with van der Waals surface area (Å²) >= 11 is 0. The van der Waals surface area contributed by atoms with Crippen LogP contribution in [0.15, 0.2) is 194 Å². The molecule has 0 N–H and O–H groups in total. The third-order valence-corrected chi connectivity index (χ3v) is 12.1. The van der Waals surface area contributed by atoms with Crippen LogP contribution < -0.4 is 4.74 Å². The first-order valence-electron chi connectivity index (χ1n) is 20.4. The van der Waals surface area contributed by atoms with Crippen molar-refractivity contribution in [3.8, 4) is 50.3 Å². The maximum Gasteiger partial charge on any atom is 0.573 e. The van der Waals surface area contributed by atoms with E-state index in [4.69, 9.17) is 0 Å². The minimum Gasteiger partial charge on any atom is -0.406 e. The first-order valence-corrected chi connectivity index (χ1v) is 20.4. The Bertz CT molecular complexity index is 3620. The number of ether oxygens (including phenoxy) is 1. The molecule has 11 aromatic carbocycles. The van der Waals surface area contributed by atoms with Crippen LogP contribution in [0.25, 0.3) is 109 Å². The molecule has 0 aliphatic heterocycles. The van der Waals surface area contributed by atoms with Gasteiger partial charge in [-0.1, -0.05) is 146 Å². The van der Waals surface area contributed by atoms with E-state index in [1.807, 2.05) is 72.8 Å². The molecule has 0 aliphatic rings. The number of hydrogen-bond acceptors (Lipinski definition) is 1. The molecule has 7 heteroatoms. The van der Waals surface area contributed by atoms with Gasteiger partial charge in [0.15, 0.2) is 0 Å². The minimum absolute atomic E-state index is 0.316. The summed E-state index contributed by atoms with van der Waals surface area (Å²) < 4.78 is 86.1. The first kappa shape index (κ1) is 38.3. The van der Waals surface area contributed by atoms with E-state index >= 15 is 0 Å². The lowest BCUT2D eigenvalue weighted by Gasteiger charge is -2.22. The summed E-state index contributed by atoms with van der Waals surface area (Å²) in [6.45, 7) is 0. The highest BCUT2D eigenvalue weighted by atomic mass is 19.4. The number of rotatable bonds is 5. The van der Waals surface area contributed by atoms with Crippen LogP contribution >= 0.6 is 0 Å². The Morgan fingerprint density at radius 1 is 0.302 bits per heavy atom. The lowest BCUT2D eigenvalue weighted by molar-refractivity contribution is -0.274. The molecule has 0 atom stereocenters. The van der Waals surface area contributed by atoms with E-state index in [2.05, 4.69) is 77.5 Å². The maximum atomic E-state index is 14.1. The molecule has 0 heterocycles. The fraction of sp³-hybridized carbons (Fsp3) is 0.0357. The zero-order valence-corrected chi connectivity index (χ0v) is 33.2. The molecule has 0 saturated heterocycles. The molecule has 0 aliphatic carbocycles. The highest BCUT2D eigenvalue weighted by Crippen LogP contribution is 2.50. The molecular formula is C56H32F6O. The van der Waals surface area contributed by atoms with Crippen molar-refractivity contribution in [2.45, 2.75) is 12.5 Å². The van der Waals surface area contributed by atoms with E-state index in [0.717, 1.165) is 98.5 Å². The van der Waals surface area contributed by atoms with Gasteiger partial charge in [-0.3, -0.25) is 0 Å². The van der Waals surface area contributed by atoms with E-state index in [1.54, 1.807) is 18.2 Å². The van der Waals surface area contributed by atoms with E-state index in [1.165, 1.54) is 24.3 Å². The smallest absolute Gasteiger partial charge is 0.406 e. The van der Waals surface area contributed by atoms with Crippen LogP contribution in [0.1, 0.15) is 5.56 Å². The van der Waals surface area contributed by atoms with Crippen LogP contribution in [0.2, 0.25) is 0 Å². The molecular weight excluding hydrogens is 803 g/mol. The minimum atomic E-state index is -4.83. The Labute approximate surface area is 357 Å². The standard InChI is InChI=1S/C56H32F6O/c57-55(58,59)39-13-9-12-34(28-39)36-23-27-48-52(30-36)54(50-32-38-11-2-4-15-42(38)44-17-6-8-19-46(44)50)47-26-22-35(33-20-24-40(25-21-33)63-56(60,61)62)29-51(47)53(48)49-31-37-10-1-3-14-41(37)43-16-5-7-18-45(43)49/h1-32H. The van der Waals surface area contributed by atoms with Crippen LogP contribution in [-0.4, -0.2) is 6.36 Å². The average Bonchev–Trinajstić information content (AvgIpc) is 3.29. The van der Waals surface area contributed by atoms with Gasteiger partial charge in [0.05, 0.1) is 5.56 Å². The van der Waals surface area contributed by atoms with Crippen molar-refractivity contribution in [1.29, 1.82) is 0 Å². The van der Waals surface area contributed by atoms with Crippen LogP contribution in [0.4, 0.5) is 26.3 Å². The molecule has 0 unspecified atom stereocenters. The predicted octanol–water partition coefficient (Wildman–Crippen LogP) is 17.2. The molecule has 11 rings (SSSR count). The molecule has 0 radical (unpaired) electrons. The van der Waals surface area contributed by atoms with Crippen molar-refractivity contribution < 1.29 is 31.1 Å². The van der Waals surface area contributed by atoms with Gasteiger partial charge in [-0.25, -0.2) is 0 Å². The van der Waals surface area contributed by atoms with Gasteiger partial charge in [0, 0.05) is 0 Å². The Balaban J connectivity index is 1.31. The fourth-order valence-electron chi connectivity index (χ4n) is 9.41. The number of benzene rings is 11. The molecule has 0 spiro atoms. The van der Waals surface area contributed by atoms with Gasteiger partial charge in [0.25, 0.3) is 0 Å². The molecule has 0 fully saturated rings. The first-order chi connectivity index (χ1) is 30.5. The van der Waals surface area contributed by atoms with Crippen LogP contribution in [0.5, 0.6) is 5.75 Å². The predicted molar refractivity (Wildman–Crippen MR) is 245 cm³/mol. The molecule has 0 saturated carbocycles. The summed E-state index contributed by atoms with van der Waals surface area (Å²) in [7, 11) is 0. The second-order valence-corrected chi connectivity index (χ2v) is 15.8. The van der Waals surface area contributed by atoms with Crippen LogP contribution in [-0.2, 0) is 6.18 Å².